The van der Waals surface area contributed by atoms with Gasteiger partial charge in [-0.2, -0.15) is 0 Å². The largest absolute Gasteiger partial charge is 0.494 e. The number of amides is 1. The Labute approximate surface area is 175 Å². The summed E-state index contributed by atoms with van der Waals surface area (Å²) < 4.78 is 11.3. The van der Waals surface area contributed by atoms with Crippen LogP contribution in [0.4, 0.5) is 0 Å². The average Bonchev–Trinajstić information content (AvgIpc) is 3.16. The third kappa shape index (κ3) is 4.62. The quantitative estimate of drug-likeness (QED) is 0.534. The highest BCUT2D eigenvalue weighted by molar-refractivity contribution is 6.30. The first-order valence-corrected chi connectivity index (χ1v) is 10.2. The van der Waals surface area contributed by atoms with Gasteiger partial charge in [-0.3, -0.25) is 4.79 Å². The minimum Gasteiger partial charge on any atom is -0.494 e. The van der Waals surface area contributed by atoms with Crippen LogP contribution in [0.3, 0.4) is 0 Å². The van der Waals surface area contributed by atoms with Crippen molar-refractivity contribution in [2.75, 3.05) is 13.2 Å². The molecule has 0 saturated carbocycles. The Morgan fingerprint density at radius 2 is 1.93 bits per heavy atom. The third-order valence-electron chi connectivity index (χ3n) is 5.13. The van der Waals surface area contributed by atoms with Crippen molar-refractivity contribution in [3.63, 3.8) is 0 Å². The first kappa shape index (κ1) is 19.5. The van der Waals surface area contributed by atoms with Crippen molar-refractivity contribution >= 4 is 17.5 Å². The van der Waals surface area contributed by atoms with Crippen molar-refractivity contribution in [2.45, 2.75) is 32.7 Å². The number of fused-ring (bicyclic) bond motifs is 1. The molecule has 150 valence electrons. The van der Waals surface area contributed by atoms with Crippen LogP contribution in [0.25, 0.3) is 11.3 Å². The van der Waals surface area contributed by atoms with Gasteiger partial charge in [-0.15, -0.1) is 0 Å². The van der Waals surface area contributed by atoms with E-state index in [0.29, 0.717) is 37.6 Å². The van der Waals surface area contributed by atoms with Crippen molar-refractivity contribution in [3.05, 3.63) is 70.4 Å². The van der Waals surface area contributed by atoms with E-state index in [2.05, 4.69) is 5.16 Å². The van der Waals surface area contributed by atoms with Crippen LogP contribution >= 0.6 is 11.6 Å². The molecule has 3 aromatic rings. The minimum absolute atomic E-state index is 0.124. The maximum absolute atomic E-state index is 12.6. The number of carbonyl (C=O) groups excluding carboxylic acids is 1. The first-order valence-electron chi connectivity index (χ1n) is 9.81. The Balaban J connectivity index is 1.30. The molecule has 1 aromatic heterocycles. The highest BCUT2D eigenvalue weighted by atomic mass is 35.5. The summed E-state index contributed by atoms with van der Waals surface area (Å²) in [6.07, 6.45) is 1.89. The zero-order valence-electron chi connectivity index (χ0n) is 16.4. The highest BCUT2D eigenvalue weighted by Gasteiger charge is 2.26. The van der Waals surface area contributed by atoms with Gasteiger partial charge in [-0.25, -0.2) is 0 Å². The van der Waals surface area contributed by atoms with Gasteiger partial charge in [-0.05, 0) is 56.2 Å². The normalized spacial score (nSPS) is 13.2. The fourth-order valence-corrected chi connectivity index (χ4v) is 3.60. The van der Waals surface area contributed by atoms with E-state index in [1.54, 1.807) is 0 Å². The summed E-state index contributed by atoms with van der Waals surface area (Å²) in [6, 6.07) is 15.5. The van der Waals surface area contributed by atoms with Crippen molar-refractivity contribution in [2.24, 2.45) is 0 Å². The fraction of sp³-hybridized carbons (Fsp3) is 0.304. The van der Waals surface area contributed by atoms with Crippen molar-refractivity contribution in [3.8, 4) is 17.1 Å². The summed E-state index contributed by atoms with van der Waals surface area (Å²) in [5.74, 6) is 1.73. The number of hydrogen-bond donors (Lipinski definition) is 0. The van der Waals surface area contributed by atoms with Gasteiger partial charge in [-0.1, -0.05) is 34.5 Å². The van der Waals surface area contributed by atoms with Crippen molar-refractivity contribution in [1.82, 2.24) is 10.1 Å². The number of rotatable bonds is 6. The van der Waals surface area contributed by atoms with E-state index in [1.807, 2.05) is 60.4 Å². The number of aromatic nitrogens is 1. The van der Waals surface area contributed by atoms with Crippen LogP contribution < -0.4 is 4.74 Å². The molecule has 29 heavy (non-hydrogen) atoms. The number of ether oxygens (including phenoxy) is 1. The molecular formula is C23H23ClN2O3. The second-order valence-electron chi connectivity index (χ2n) is 7.27. The molecule has 1 amide bonds. The first-order chi connectivity index (χ1) is 14.1. The van der Waals surface area contributed by atoms with Gasteiger partial charge in [0.25, 0.3) is 0 Å². The van der Waals surface area contributed by atoms with E-state index in [4.69, 9.17) is 20.9 Å². The molecule has 0 radical (unpaired) electrons. The average molecular weight is 411 g/mol. The van der Waals surface area contributed by atoms with Gasteiger partial charge in [0, 0.05) is 29.1 Å². The molecule has 0 fully saturated rings. The Bertz CT molecular complexity index is 980. The van der Waals surface area contributed by atoms with Crippen LogP contribution in [0, 0.1) is 6.92 Å². The summed E-state index contributed by atoms with van der Waals surface area (Å²) in [4.78, 5) is 14.4. The highest BCUT2D eigenvalue weighted by Crippen LogP contribution is 2.31. The third-order valence-corrected chi connectivity index (χ3v) is 5.38. The smallest absolute Gasteiger partial charge is 0.223 e. The molecule has 5 nitrogen and oxygen atoms in total. The second-order valence-corrected chi connectivity index (χ2v) is 7.71. The summed E-state index contributed by atoms with van der Waals surface area (Å²) in [5.41, 5.74) is 4.07. The van der Waals surface area contributed by atoms with Crippen LogP contribution in [0.1, 0.15) is 29.7 Å². The van der Waals surface area contributed by atoms with Crippen LogP contribution in [-0.2, 0) is 17.8 Å². The zero-order chi connectivity index (χ0) is 20.2. The Morgan fingerprint density at radius 1 is 1.17 bits per heavy atom. The topological polar surface area (TPSA) is 55.6 Å². The molecule has 0 atom stereocenters. The Hall–Kier alpha value is -2.79. The SMILES string of the molecule is Cc1ccc(OCCCC(=O)N2CCc3c(noc3-c3ccc(Cl)cc3)C2)cc1. The van der Waals surface area contributed by atoms with E-state index in [1.165, 1.54) is 5.56 Å². The van der Waals surface area contributed by atoms with E-state index < -0.39 is 0 Å². The number of aryl methyl sites for hydroxylation is 1. The van der Waals surface area contributed by atoms with E-state index in [0.717, 1.165) is 34.8 Å². The molecule has 1 aliphatic heterocycles. The standard InChI is InChI=1S/C23H23ClN2O3/c1-16-4-10-19(11-5-16)28-14-2-3-22(27)26-13-12-20-21(15-26)25-29-23(20)17-6-8-18(24)9-7-17/h4-11H,2-3,12-15H2,1H3. The molecule has 0 spiro atoms. The molecule has 0 N–H and O–H groups in total. The van der Waals surface area contributed by atoms with Gasteiger partial charge in [0.2, 0.25) is 5.91 Å². The summed E-state index contributed by atoms with van der Waals surface area (Å²) in [6.45, 7) is 3.73. The summed E-state index contributed by atoms with van der Waals surface area (Å²) in [7, 11) is 0. The number of nitrogens with zero attached hydrogens (tertiary/aromatic N) is 2. The lowest BCUT2D eigenvalue weighted by Gasteiger charge is -2.26. The molecule has 1 aliphatic rings. The number of hydrogen-bond acceptors (Lipinski definition) is 4. The number of carbonyl (C=O) groups is 1. The van der Waals surface area contributed by atoms with Gasteiger partial charge in [0.05, 0.1) is 13.2 Å². The predicted molar refractivity (Wildman–Crippen MR) is 112 cm³/mol. The summed E-state index contributed by atoms with van der Waals surface area (Å²) >= 11 is 5.96. The van der Waals surface area contributed by atoms with Gasteiger partial charge in [0.1, 0.15) is 11.4 Å². The minimum atomic E-state index is 0.124. The number of benzene rings is 2. The zero-order valence-corrected chi connectivity index (χ0v) is 17.1. The van der Waals surface area contributed by atoms with Crippen LogP contribution in [0.5, 0.6) is 5.75 Å². The lowest BCUT2D eigenvalue weighted by molar-refractivity contribution is -0.132. The van der Waals surface area contributed by atoms with Crippen molar-refractivity contribution in [1.29, 1.82) is 0 Å². The van der Waals surface area contributed by atoms with Gasteiger partial charge in [0.15, 0.2) is 5.76 Å². The fourth-order valence-electron chi connectivity index (χ4n) is 3.48. The van der Waals surface area contributed by atoms with Crippen LogP contribution in [0.2, 0.25) is 5.02 Å². The molecule has 6 heteroatoms. The number of halogens is 1. The molecule has 0 saturated heterocycles. The van der Waals surface area contributed by atoms with E-state index >= 15 is 0 Å². The molecular weight excluding hydrogens is 388 g/mol. The Morgan fingerprint density at radius 3 is 2.69 bits per heavy atom. The maximum Gasteiger partial charge on any atom is 0.223 e. The van der Waals surface area contributed by atoms with E-state index in [9.17, 15) is 4.79 Å². The molecule has 2 heterocycles. The Kier molecular flexibility index (Phi) is 5.86. The molecule has 4 rings (SSSR count). The van der Waals surface area contributed by atoms with Crippen molar-refractivity contribution < 1.29 is 14.1 Å². The monoisotopic (exact) mass is 410 g/mol. The molecule has 2 aromatic carbocycles. The predicted octanol–water partition coefficient (Wildman–Crippen LogP) is 5.05. The lowest BCUT2D eigenvalue weighted by atomic mass is 10.0. The van der Waals surface area contributed by atoms with E-state index in [-0.39, 0.29) is 5.91 Å². The van der Waals surface area contributed by atoms with Crippen LogP contribution in [-0.4, -0.2) is 29.1 Å². The second kappa shape index (κ2) is 8.70. The van der Waals surface area contributed by atoms with Gasteiger partial charge >= 0.3 is 0 Å². The molecule has 0 aliphatic carbocycles. The van der Waals surface area contributed by atoms with Gasteiger partial charge < -0.3 is 14.2 Å². The summed E-state index contributed by atoms with van der Waals surface area (Å²) in [5, 5.41) is 4.89. The molecule has 0 bridgehead atoms. The molecule has 0 unspecified atom stereocenters. The van der Waals surface area contributed by atoms with Crippen LogP contribution in [0.15, 0.2) is 53.1 Å². The lowest BCUT2D eigenvalue weighted by Crippen LogP contribution is -2.36. The maximum atomic E-state index is 12.6.